The normalized spacial score (nSPS) is 18.4. The molecular formula is C20H29N3O3. The fourth-order valence-electron chi connectivity index (χ4n) is 3.37. The third-order valence-corrected chi connectivity index (χ3v) is 5.18. The van der Waals surface area contributed by atoms with Crippen molar-refractivity contribution in [2.75, 3.05) is 13.2 Å². The molecule has 0 bridgehead atoms. The number of nitrogens with zero attached hydrogens (tertiary/aromatic N) is 1. The molecule has 2 N–H and O–H groups in total. The highest BCUT2D eigenvalue weighted by molar-refractivity contribution is 5.98. The van der Waals surface area contributed by atoms with Crippen molar-refractivity contribution in [3.05, 3.63) is 23.5 Å². The van der Waals surface area contributed by atoms with Crippen molar-refractivity contribution >= 4 is 11.8 Å². The van der Waals surface area contributed by atoms with Crippen LogP contribution in [0.4, 0.5) is 0 Å². The van der Waals surface area contributed by atoms with Gasteiger partial charge in [-0.1, -0.05) is 12.8 Å². The predicted molar refractivity (Wildman–Crippen MR) is 99.3 cm³/mol. The van der Waals surface area contributed by atoms with Gasteiger partial charge in [-0.15, -0.1) is 0 Å². The van der Waals surface area contributed by atoms with Gasteiger partial charge in [0.15, 0.2) is 11.4 Å². The van der Waals surface area contributed by atoms with E-state index in [4.69, 9.17) is 4.74 Å². The first-order valence-corrected chi connectivity index (χ1v) is 9.79. The summed E-state index contributed by atoms with van der Waals surface area (Å²) in [6, 6.07) is 1.37. The molecule has 0 aromatic carbocycles. The van der Waals surface area contributed by atoms with Crippen LogP contribution in [0.3, 0.4) is 0 Å². The van der Waals surface area contributed by atoms with Crippen molar-refractivity contribution in [3.8, 4) is 5.75 Å². The minimum atomic E-state index is -0.616. The van der Waals surface area contributed by atoms with Gasteiger partial charge in [0.2, 0.25) is 5.91 Å². The molecule has 1 unspecified atom stereocenters. The molecule has 0 radical (unpaired) electrons. The Labute approximate surface area is 155 Å². The summed E-state index contributed by atoms with van der Waals surface area (Å²) in [6.45, 7) is 4.67. The number of ether oxygens (including phenoxy) is 1. The monoisotopic (exact) mass is 359 g/mol. The Bertz CT molecular complexity index is 652. The maximum Gasteiger partial charge on any atom is 0.274 e. The molecule has 6 nitrogen and oxygen atoms in total. The van der Waals surface area contributed by atoms with Crippen molar-refractivity contribution in [2.24, 2.45) is 5.92 Å². The van der Waals surface area contributed by atoms with E-state index in [-0.39, 0.29) is 17.5 Å². The molecule has 2 saturated carbocycles. The zero-order valence-corrected chi connectivity index (χ0v) is 15.7. The molecule has 1 aromatic heterocycles. The van der Waals surface area contributed by atoms with Gasteiger partial charge in [-0.3, -0.25) is 9.59 Å². The molecule has 1 aromatic rings. The highest BCUT2D eigenvalue weighted by atomic mass is 16.5. The molecule has 1 atom stereocenters. The van der Waals surface area contributed by atoms with Crippen LogP contribution in [0.25, 0.3) is 0 Å². The quantitative estimate of drug-likeness (QED) is 0.748. The van der Waals surface area contributed by atoms with Crippen molar-refractivity contribution in [1.82, 2.24) is 15.6 Å². The summed E-state index contributed by atoms with van der Waals surface area (Å²) in [5.74, 6) is 1.07. The number of carbonyl (C=O) groups is 2. The lowest BCUT2D eigenvalue weighted by atomic mass is 9.99. The number of likely N-dealkylation sites (N-methyl/N-ethyl adjacent to an activating group) is 1. The van der Waals surface area contributed by atoms with E-state index in [1.807, 2.05) is 13.0 Å². The second-order valence-electron chi connectivity index (χ2n) is 7.44. The molecular weight excluding hydrogens is 330 g/mol. The number of amides is 2. The summed E-state index contributed by atoms with van der Waals surface area (Å²) in [6.07, 6.45) is 9.00. The van der Waals surface area contributed by atoms with Crippen LogP contribution in [-0.4, -0.2) is 36.0 Å². The van der Waals surface area contributed by atoms with Crippen LogP contribution in [0.15, 0.2) is 12.3 Å². The Morgan fingerprint density at radius 2 is 2.00 bits per heavy atom. The Morgan fingerprint density at radius 3 is 2.65 bits per heavy atom. The van der Waals surface area contributed by atoms with Gasteiger partial charge in [0, 0.05) is 12.7 Å². The predicted octanol–water partition coefficient (Wildman–Crippen LogP) is 2.78. The topological polar surface area (TPSA) is 80.3 Å². The van der Waals surface area contributed by atoms with Gasteiger partial charge in [0.1, 0.15) is 6.04 Å². The molecule has 1 heterocycles. The van der Waals surface area contributed by atoms with E-state index in [0.29, 0.717) is 30.7 Å². The van der Waals surface area contributed by atoms with Crippen molar-refractivity contribution in [2.45, 2.75) is 64.3 Å². The number of hydrogen-bond donors (Lipinski definition) is 2. The molecule has 2 aliphatic rings. The average molecular weight is 359 g/mol. The van der Waals surface area contributed by atoms with E-state index in [1.165, 1.54) is 38.5 Å². The lowest BCUT2D eigenvalue weighted by Crippen LogP contribution is -2.45. The number of hydrogen-bond acceptors (Lipinski definition) is 4. The summed E-state index contributed by atoms with van der Waals surface area (Å²) < 4.78 is 5.95. The number of aromatic nitrogens is 1. The Hall–Kier alpha value is -2.11. The molecule has 2 fully saturated rings. The molecule has 0 spiro atoms. The SMILES string of the molecule is CCNC(=O)C(C)NC(=O)c1ncc(C2CCCC2)cc1OCC1CC1. The molecule has 6 heteroatoms. The average Bonchev–Trinajstić information content (AvgIpc) is 3.30. The molecule has 0 aliphatic heterocycles. The lowest BCUT2D eigenvalue weighted by molar-refractivity contribution is -0.122. The van der Waals surface area contributed by atoms with Crippen LogP contribution in [0.1, 0.15) is 74.3 Å². The van der Waals surface area contributed by atoms with Gasteiger partial charge in [-0.2, -0.15) is 0 Å². The Morgan fingerprint density at radius 1 is 1.27 bits per heavy atom. The third-order valence-electron chi connectivity index (χ3n) is 5.18. The molecule has 2 aliphatic carbocycles. The smallest absolute Gasteiger partial charge is 0.274 e. The first-order chi connectivity index (χ1) is 12.6. The summed E-state index contributed by atoms with van der Waals surface area (Å²) in [7, 11) is 0. The Kier molecular flexibility index (Phi) is 6.12. The molecule has 142 valence electrons. The van der Waals surface area contributed by atoms with Crippen LogP contribution in [0, 0.1) is 5.92 Å². The molecule has 0 saturated heterocycles. The highest BCUT2D eigenvalue weighted by Crippen LogP contribution is 2.36. The van der Waals surface area contributed by atoms with Crippen LogP contribution >= 0.6 is 0 Å². The summed E-state index contributed by atoms with van der Waals surface area (Å²) in [5.41, 5.74) is 1.42. The first-order valence-electron chi connectivity index (χ1n) is 9.79. The van der Waals surface area contributed by atoms with E-state index < -0.39 is 6.04 Å². The fourth-order valence-corrected chi connectivity index (χ4v) is 3.37. The third kappa shape index (κ3) is 4.74. The summed E-state index contributed by atoms with van der Waals surface area (Å²) in [4.78, 5) is 28.9. The summed E-state index contributed by atoms with van der Waals surface area (Å²) in [5, 5.41) is 5.43. The zero-order chi connectivity index (χ0) is 18.5. The van der Waals surface area contributed by atoms with Gasteiger partial charge in [-0.25, -0.2) is 4.98 Å². The maximum atomic E-state index is 12.6. The van der Waals surface area contributed by atoms with Gasteiger partial charge < -0.3 is 15.4 Å². The van der Waals surface area contributed by atoms with E-state index in [2.05, 4.69) is 15.6 Å². The number of nitrogens with one attached hydrogen (secondary N) is 2. The van der Waals surface area contributed by atoms with Crippen LogP contribution in [-0.2, 0) is 4.79 Å². The van der Waals surface area contributed by atoms with Gasteiger partial charge in [-0.05, 0) is 63.0 Å². The zero-order valence-electron chi connectivity index (χ0n) is 15.7. The maximum absolute atomic E-state index is 12.6. The standard InChI is InChI=1S/C20H29N3O3/c1-3-21-19(24)13(2)23-20(25)18-17(26-12-14-8-9-14)10-16(11-22-18)15-6-4-5-7-15/h10-11,13-15H,3-9,12H2,1-2H3,(H,21,24)(H,23,25). The van der Waals surface area contributed by atoms with Gasteiger partial charge in [0.05, 0.1) is 6.61 Å². The van der Waals surface area contributed by atoms with Crippen molar-refractivity contribution < 1.29 is 14.3 Å². The molecule has 26 heavy (non-hydrogen) atoms. The van der Waals surface area contributed by atoms with Crippen molar-refractivity contribution in [1.29, 1.82) is 0 Å². The first kappa shape index (κ1) is 18.7. The lowest BCUT2D eigenvalue weighted by Gasteiger charge is -2.17. The largest absolute Gasteiger partial charge is 0.491 e. The number of rotatable bonds is 8. The number of pyridine rings is 1. The fraction of sp³-hybridized carbons (Fsp3) is 0.650. The molecule has 2 amide bonds. The van der Waals surface area contributed by atoms with E-state index in [1.54, 1.807) is 13.1 Å². The second kappa shape index (κ2) is 8.52. The Balaban J connectivity index is 1.74. The van der Waals surface area contributed by atoms with Crippen LogP contribution in [0.5, 0.6) is 5.75 Å². The van der Waals surface area contributed by atoms with Crippen LogP contribution in [0.2, 0.25) is 0 Å². The molecule has 3 rings (SSSR count). The van der Waals surface area contributed by atoms with E-state index in [0.717, 1.165) is 5.56 Å². The van der Waals surface area contributed by atoms with Crippen LogP contribution < -0.4 is 15.4 Å². The minimum absolute atomic E-state index is 0.205. The van der Waals surface area contributed by atoms with Gasteiger partial charge in [0.25, 0.3) is 5.91 Å². The highest BCUT2D eigenvalue weighted by Gasteiger charge is 2.26. The van der Waals surface area contributed by atoms with Gasteiger partial charge >= 0.3 is 0 Å². The minimum Gasteiger partial charge on any atom is -0.491 e. The van der Waals surface area contributed by atoms with E-state index >= 15 is 0 Å². The number of carbonyl (C=O) groups excluding carboxylic acids is 2. The van der Waals surface area contributed by atoms with E-state index in [9.17, 15) is 9.59 Å². The van der Waals surface area contributed by atoms with Crippen molar-refractivity contribution in [3.63, 3.8) is 0 Å². The second-order valence-corrected chi connectivity index (χ2v) is 7.44. The summed E-state index contributed by atoms with van der Waals surface area (Å²) >= 11 is 0.